The second-order valence-electron chi connectivity index (χ2n) is 7.62. The van der Waals surface area contributed by atoms with Crippen LogP contribution in [0.3, 0.4) is 0 Å². The molecule has 0 unspecified atom stereocenters. The van der Waals surface area contributed by atoms with Crippen LogP contribution in [0.15, 0.2) is 36.4 Å². The van der Waals surface area contributed by atoms with E-state index in [1.807, 2.05) is 0 Å². The first-order valence-corrected chi connectivity index (χ1v) is 9.45. The fourth-order valence-electron chi connectivity index (χ4n) is 4.98. The molecule has 0 saturated heterocycles. The number of esters is 2. The highest BCUT2D eigenvalue weighted by atomic mass is 19.1. The van der Waals surface area contributed by atoms with E-state index in [4.69, 9.17) is 18.9 Å². The van der Waals surface area contributed by atoms with Gasteiger partial charge in [-0.1, -0.05) is 0 Å². The average Bonchev–Trinajstić information content (AvgIpc) is 2.78. The van der Waals surface area contributed by atoms with E-state index in [-0.39, 0.29) is 22.6 Å². The first-order chi connectivity index (χ1) is 15.2. The van der Waals surface area contributed by atoms with Gasteiger partial charge in [-0.05, 0) is 36.4 Å². The van der Waals surface area contributed by atoms with Crippen molar-refractivity contribution in [3.8, 4) is 11.5 Å². The van der Waals surface area contributed by atoms with Crippen LogP contribution in [0.25, 0.3) is 0 Å². The molecule has 8 nitrogen and oxygen atoms in total. The van der Waals surface area contributed by atoms with Crippen LogP contribution < -0.4 is 9.47 Å². The minimum Gasteiger partial charge on any atom is -0.469 e. The zero-order valence-corrected chi connectivity index (χ0v) is 16.6. The number of hydrogen-bond acceptors (Lipinski definition) is 8. The Balaban J connectivity index is 1.82. The van der Waals surface area contributed by atoms with Crippen LogP contribution in [0.2, 0.25) is 0 Å². The lowest BCUT2D eigenvalue weighted by atomic mass is 9.45. The summed E-state index contributed by atoms with van der Waals surface area (Å²) in [6.45, 7) is 0. The highest BCUT2D eigenvalue weighted by molar-refractivity contribution is 6.19. The molecule has 2 aliphatic heterocycles. The molecule has 0 N–H and O–H groups in total. The summed E-state index contributed by atoms with van der Waals surface area (Å²) in [6.07, 6.45) is 0. The van der Waals surface area contributed by atoms with Gasteiger partial charge in [-0.15, -0.1) is 0 Å². The fourth-order valence-corrected chi connectivity index (χ4v) is 4.98. The van der Waals surface area contributed by atoms with Gasteiger partial charge in [0.25, 0.3) is 11.2 Å². The van der Waals surface area contributed by atoms with Gasteiger partial charge in [0.15, 0.2) is 11.6 Å². The lowest BCUT2D eigenvalue weighted by Crippen LogP contribution is -2.90. The SMILES string of the molecule is COC(=O)[C@@]12Oc3ccc(F)cc3C(=O)[C@@H]1[C@H]1C(=O)c3cc(F)ccc3O[C@]12C(=O)OC. The van der Waals surface area contributed by atoms with Gasteiger partial charge in [-0.2, -0.15) is 0 Å². The highest BCUT2D eigenvalue weighted by Gasteiger charge is 2.90. The van der Waals surface area contributed by atoms with E-state index in [1.165, 1.54) is 0 Å². The Hall–Kier alpha value is -3.82. The van der Waals surface area contributed by atoms with Crippen LogP contribution in [0.4, 0.5) is 8.78 Å². The van der Waals surface area contributed by atoms with Crippen molar-refractivity contribution in [3.05, 3.63) is 59.2 Å². The third-order valence-corrected chi connectivity index (χ3v) is 6.26. The Kier molecular flexibility index (Phi) is 3.99. The van der Waals surface area contributed by atoms with Crippen LogP contribution in [-0.2, 0) is 19.1 Å². The number of methoxy groups -OCH3 is 2. The fraction of sp³-hybridized carbons (Fsp3) is 0.273. The van der Waals surface area contributed by atoms with Crippen LogP contribution in [0, 0.1) is 23.5 Å². The van der Waals surface area contributed by atoms with Crippen LogP contribution in [0.5, 0.6) is 11.5 Å². The molecule has 2 aromatic rings. The van der Waals surface area contributed by atoms with E-state index in [0.717, 1.165) is 50.6 Å². The quantitative estimate of drug-likeness (QED) is 0.647. The lowest BCUT2D eigenvalue weighted by Gasteiger charge is -2.63. The summed E-state index contributed by atoms with van der Waals surface area (Å²) in [4.78, 5) is 53.0. The van der Waals surface area contributed by atoms with E-state index in [0.29, 0.717) is 0 Å². The first-order valence-electron chi connectivity index (χ1n) is 9.45. The smallest absolute Gasteiger partial charge is 0.356 e. The summed E-state index contributed by atoms with van der Waals surface area (Å²) in [5, 5.41) is 0. The van der Waals surface area contributed by atoms with Crippen molar-refractivity contribution in [1.82, 2.24) is 0 Å². The van der Waals surface area contributed by atoms with E-state index in [2.05, 4.69) is 0 Å². The minimum absolute atomic E-state index is 0.194. The Bertz CT molecular complexity index is 1140. The number of benzene rings is 2. The summed E-state index contributed by atoms with van der Waals surface area (Å²) < 4.78 is 49.1. The average molecular weight is 444 g/mol. The molecule has 2 aromatic carbocycles. The summed E-state index contributed by atoms with van der Waals surface area (Å²) in [5.74, 6) is -9.06. The number of ketones is 2. The van der Waals surface area contributed by atoms with E-state index in [1.54, 1.807) is 0 Å². The predicted molar refractivity (Wildman–Crippen MR) is 99.2 cm³/mol. The second-order valence-corrected chi connectivity index (χ2v) is 7.62. The maximum Gasteiger partial charge on any atom is 0.356 e. The molecule has 0 radical (unpaired) electrons. The van der Waals surface area contributed by atoms with Crippen molar-refractivity contribution < 1.29 is 46.9 Å². The van der Waals surface area contributed by atoms with Gasteiger partial charge in [0, 0.05) is 0 Å². The Labute approximate surface area is 179 Å². The third-order valence-electron chi connectivity index (χ3n) is 6.26. The second kappa shape index (κ2) is 6.35. The Morgan fingerprint density at radius 1 is 0.781 bits per heavy atom. The van der Waals surface area contributed by atoms with E-state index in [9.17, 15) is 28.0 Å². The van der Waals surface area contributed by atoms with Gasteiger partial charge < -0.3 is 18.9 Å². The Morgan fingerprint density at radius 2 is 1.16 bits per heavy atom. The molecule has 0 spiro atoms. The normalized spacial score (nSPS) is 29.1. The first kappa shape index (κ1) is 20.1. The van der Waals surface area contributed by atoms with Crippen molar-refractivity contribution in [1.29, 1.82) is 0 Å². The van der Waals surface area contributed by atoms with Gasteiger partial charge in [-0.25, -0.2) is 18.4 Å². The summed E-state index contributed by atoms with van der Waals surface area (Å²) >= 11 is 0. The minimum atomic E-state index is -2.43. The van der Waals surface area contributed by atoms with Gasteiger partial charge in [0.1, 0.15) is 23.1 Å². The molecule has 0 aromatic heterocycles. The third kappa shape index (κ3) is 2.09. The molecule has 1 fully saturated rings. The number of rotatable bonds is 2. The molecule has 164 valence electrons. The number of carbonyl (C=O) groups excluding carboxylic acids is 4. The molecule has 1 aliphatic carbocycles. The zero-order chi connectivity index (χ0) is 23.0. The largest absolute Gasteiger partial charge is 0.469 e. The number of carbonyl (C=O) groups is 4. The zero-order valence-electron chi connectivity index (χ0n) is 16.6. The molecule has 1 saturated carbocycles. The molecular formula is C22H14F2O8. The number of Topliss-reactive ketones (excluding diaryl/α,β-unsaturated/α-hetero) is 2. The molecule has 2 heterocycles. The number of fused-ring (bicyclic) bond motifs is 6. The standard InChI is InChI=1S/C22H14F2O8/c1-29-19(27)21-15(17(25)11-7-9(23)3-5-13(11)31-21)16-18(26)12-8-10(24)4-6-14(12)32-22(16,21)20(28)30-2/h3-8,15-16H,1-2H3/t15-,16-,21-,22-/m0/s1. The highest BCUT2D eigenvalue weighted by Crippen LogP contribution is 2.64. The number of ether oxygens (including phenoxy) is 4. The van der Waals surface area contributed by atoms with E-state index >= 15 is 0 Å². The van der Waals surface area contributed by atoms with Crippen molar-refractivity contribution >= 4 is 23.5 Å². The maximum absolute atomic E-state index is 13.8. The van der Waals surface area contributed by atoms with Crippen molar-refractivity contribution in [2.45, 2.75) is 11.2 Å². The summed E-state index contributed by atoms with van der Waals surface area (Å²) in [7, 11) is 2.02. The van der Waals surface area contributed by atoms with Crippen LogP contribution in [-0.4, -0.2) is 48.9 Å². The van der Waals surface area contributed by atoms with Gasteiger partial charge in [-0.3, -0.25) is 9.59 Å². The number of halogens is 2. The topological polar surface area (TPSA) is 105 Å². The molecule has 10 heteroatoms. The molecule has 0 bridgehead atoms. The molecule has 32 heavy (non-hydrogen) atoms. The molecular weight excluding hydrogens is 430 g/mol. The van der Waals surface area contributed by atoms with E-state index < -0.39 is 58.2 Å². The van der Waals surface area contributed by atoms with Crippen molar-refractivity contribution in [2.24, 2.45) is 11.8 Å². The summed E-state index contributed by atoms with van der Waals surface area (Å²) in [5.41, 5.74) is -5.29. The monoisotopic (exact) mass is 444 g/mol. The predicted octanol–water partition coefficient (Wildman–Crippen LogP) is 1.88. The molecule has 4 atom stereocenters. The Morgan fingerprint density at radius 3 is 1.50 bits per heavy atom. The van der Waals surface area contributed by atoms with Gasteiger partial charge in [0.2, 0.25) is 0 Å². The van der Waals surface area contributed by atoms with Crippen molar-refractivity contribution in [3.63, 3.8) is 0 Å². The lowest BCUT2D eigenvalue weighted by molar-refractivity contribution is -0.259. The summed E-state index contributed by atoms with van der Waals surface area (Å²) in [6, 6.07) is 6.05. The van der Waals surface area contributed by atoms with Gasteiger partial charge >= 0.3 is 11.9 Å². The van der Waals surface area contributed by atoms with Gasteiger partial charge in [0.05, 0.1) is 37.2 Å². The maximum atomic E-state index is 13.8. The molecule has 5 rings (SSSR count). The van der Waals surface area contributed by atoms with Crippen LogP contribution >= 0.6 is 0 Å². The molecule has 3 aliphatic rings. The molecule has 0 amide bonds. The van der Waals surface area contributed by atoms with Crippen molar-refractivity contribution in [2.75, 3.05) is 14.2 Å². The van der Waals surface area contributed by atoms with Crippen LogP contribution in [0.1, 0.15) is 20.7 Å². The number of hydrogen-bond donors (Lipinski definition) is 0.